The van der Waals surface area contributed by atoms with Crippen LogP contribution in [-0.2, 0) is 0 Å². The summed E-state index contributed by atoms with van der Waals surface area (Å²) in [5.74, 6) is 0. The van der Waals surface area contributed by atoms with Crippen LogP contribution in [0.5, 0.6) is 0 Å². The number of allylic oxidation sites excluding steroid dienone is 5. The summed E-state index contributed by atoms with van der Waals surface area (Å²) < 4.78 is 0. The zero-order valence-corrected chi connectivity index (χ0v) is 12.7. The monoisotopic (exact) mass is 255 g/mol. The van der Waals surface area contributed by atoms with Crippen LogP contribution in [0.15, 0.2) is 47.6 Å². The minimum atomic E-state index is 0.854. The number of hydrogen-bond acceptors (Lipinski definition) is 1. The van der Waals surface area contributed by atoms with Gasteiger partial charge in [0.15, 0.2) is 0 Å². The van der Waals surface area contributed by atoms with E-state index in [2.05, 4.69) is 71.0 Å². The molecule has 0 bridgehead atoms. The van der Waals surface area contributed by atoms with Crippen LogP contribution in [0.25, 0.3) is 5.70 Å². The van der Waals surface area contributed by atoms with Crippen molar-refractivity contribution in [2.24, 2.45) is 5.73 Å². The summed E-state index contributed by atoms with van der Waals surface area (Å²) in [5.41, 5.74) is 13.1. The number of hydrogen-bond donors (Lipinski definition) is 1. The van der Waals surface area contributed by atoms with Crippen molar-refractivity contribution in [3.8, 4) is 0 Å². The summed E-state index contributed by atoms with van der Waals surface area (Å²) in [6, 6.07) is 6.43. The molecular formula is C18H25N. The molecule has 0 saturated carbocycles. The normalized spacial score (nSPS) is 13.8. The van der Waals surface area contributed by atoms with Crippen LogP contribution in [0.4, 0.5) is 0 Å². The molecule has 0 heterocycles. The molecule has 1 aromatic carbocycles. The molecule has 0 saturated heterocycles. The Bertz CT molecular complexity index is 510. The van der Waals surface area contributed by atoms with E-state index >= 15 is 0 Å². The number of benzene rings is 1. The van der Waals surface area contributed by atoms with E-state index in [-0.39, 0.29) is 0 Å². The molecule has 1 rings (SSSR count). The lowest BCUT2D eigenvalue weighted by Crippen LogP contribution is -2.00. The quantitative estimate of drug-likeness (QED) is 0.760. The van der Waals surface area contributed by atoms with E-state index in [9.17, 15) is 0 Å². The van der Waals surface area contributed by atoms with Gasteiger partial charge in [-0.3, -0.25) is 0 Å². The molecule has 0 aromatic heterocycles. The van der Waals surface area contributed by atoms with Gasteiger partial charge in [0.2, 0.25) is 0 Å². The highest BCUT2D eigenvalue weighted by molar-refractivity contribution is 5.68. The van der Waals surface area contributed by atoms with Crippen LogP contribution in [0.1, 0.15) is 43.9 Å². The third-order valence-corrected chi connectivity index (χ3v) is 3.08. The summed E-state index contributed by atoms with van der Waals surface area (Å²) >= 11 is 0. The molecule has 0 aliphatic heterocycles. The van der Waals surface area contributed by atoms with Crippen molar-refractivity contribution in [1.82, 2.24) is 0 Å². The summed E-state index contributed by atoms with van der Waals surface area (Å²) in [6.07, 6.45) is 7.48. The summed E-state index contributed by atoms with van der Waals surface area (Å²) in [7, 11) is 0. The van der Waals surface area contributed by atoms with Gasteiger partial charge in [-0.1, -0.05) is 47.9 Å². The zero-order chi connectivity index (χ0) is 14.4. The fraction of sp³-hybridized carbons (Fsp3) is 0.333. The molecule has 0 atom stereocenters. The first-order chi connectivity index (χ1) is 8.93. The van der Waals surface area contributed by atoms with Crippen LogP contribution in [0.3, 0.4) is 0 Å². The highest BCUT2D eigenvalue weighted by atomic mass is 14.6. The van der Waals surface area contributed by atoms with Gasteiger partial charge in [-0.15, -0.1) is 0 Å². The number of rotatable bonds is 4. The summed E-state index contributed by atoms with van der Waals surface area (Å²) in [6.45, 7) is 10.5. The second-order valence-corrected chi connectivity index (χ2v) is 5.16. The van der Waals surface area contributed by atoms with Crippen LogP contribution in [0, 0.1) is 13.8 Å². The van der Waals surface area contributed by atoms with Gasteiger partial charge in [0.1, 0.15) is 0 Å². The maximum absolute atomic E-state index is 6.25. The predicted octanol–water partition coefficient (Wildman–Crippen LogP) is 4.91. The maximum Gasteiger partial charge on any atom is 0.0417 e. The molecule has 0 fully saturated rings. The Morgan fingerprint density at radius 2 is 1.63 bits per heavy atom. The lowest BCUT2D eigenvalue weighted by Gasteiger charge is -2.07. The Morgan fingerprint density at radius 3 is 2.16 bits per heavy atom. The molecule has 0 unspecified atom stereocenters. The van der Waals surface area contributed by atoms with Crippen molar-refractivity contribution >= 4 is 5.70 Å². The standard InChI is InChI=1S/C18H25N/c1-6-7-13(2)8-9-16(5)18(19)17-11-14(3)10-15(4)12-17/h7-12H,6,19H2,1-5H3/b9-8-,13-7+,18-16+. The zero-order valence-electron chi connectivity index (χ0n) is 12.7. The van der Waals surface area contributed by atoms with Crippen molar-refractivity contribution in [2.75, 3.05) is 0 Å². The van der Waals surface area contributed by atoms with Crippen molar-refractivity contribution in [1.29, 1.82) is 0 Å². The number of aryl methyl sites for hydroxylation is 2. The van der Waals surface area contributed by atoms with Gasteiger partial charge in [0, 0.05) is 5.70 Å². The van der Waals surface area contributed by atoms with Crippen LogP contribution in [-0.4, -0.2) is 0 Å². The van der Waals surface area contributed by atoms with Crippen molar-refractivity contribution < 1.29 is 0 Å². The summed E-state index contributed by atoms with van der Waals surface area (Å²) in [5, 5.41) is 0. The minimum absolute atomic E-state index is 0.854. The molecule has 1 nitrogen and oxygen atoms in total. The van der Waals surface area contributed by atoms with Crippen LogP contribution >= 0.6 is 0 Å². The van der Waals surface area contributed by atoms with E-state index in [1.54, 1.807) is 0 Å². The van der Waals surface area contributed by atoms with Gasteiger partial charge < -0.3 is 5.73 Å². The van der Waals surface area contributed by atoms with Gasteiger partial charge in [0.25, 0.3) is 0 Å². The molecule has 0 radical (unpaired) electrons. The smallest absolute Gasteiger partial charge is 0.0417 e. The largest absolute Gasteiger partial charge is 0.398 e. The fourth-order valence-electron chi connectivity index (χ4n) is 2.09. The molecule has 0 spiro atoms. The third kappa shape index (κ3) is 4.78. The van der Waals surface area contributed by atoms with E-state index in [0.29, 0.717) is 0 Å². The molecule has 0 aliphatic rings. The molecular weight excluding hydrogens is 230 g/mol. The van der Waals surface area contributed by atoms with Gasteiger partial charge >= 0.3 is 0 Å². The van der Waals surface area contributed by atoms with E-state index in [1.165, 1.54) is 16.7 Å². The fourth-order valence-corrected chi connectivity index (χ4v) is 2.09. The second kappa shape index (κ2) is 6.98. The minimum Gasteiger partial charge on any atom is -0.398 e. The Balaban J connectivity index is 3.05. The maximum atomic E-state index is 6.25. The van der Waals surface area contributed by atoms with E-state index in [1.807, 2.05) is 0 Å². The summed E-state index contributed by atoms with van der Waals surface area (Å²) in [4.78, 5) is 0. The molecule has 102 valence electrons. The molecule has 0 amide bonds. The Kier molecular flexibility index (Phi) is 5.62. The number of nitrogens with two attached hydrogens (primary N) is 1. The first-order valence-corrected chi connectivity index (χ1v) is 6.84. The Labute approximate surface area is 117 Å². The first-order valence-electron chi connectivity index (χ1n) is 6.84. The SMILES string of the molecule is CC/C=C(C)/C=C\C(C)=C(\N)c1cc(C)cc(C)c1. The second-order valence-electron chi connectivity index (χ2n) is 5.16. The Hall–Kier alpha value is -1.76. The van der Waals surface area contributed by atoms with E-state index < -0.39 is 0 Å². The van der Waals surface area contributed by atoms with Crippen LogP contribution < -0.4 is 5.73 Å². The predicted molar refractivity (Wildman–Crippen MR) is 85.9 cm³/mol. The lowest BCUT2D eigenvalue weighted by molar-refractivity contribution is 1.20. The molecule has 1 aromatic rings. The van der Waals surface area contributed by atoms with Gasteiger partial charge in [-0.05, 0) is 57.4 Å². The van der Waals surface area contributed by atoms with Crippen molar-refractivity contribution in [2.45, 2.75) is 41.0 Å². The third-order valence-electron chi connectivity index (χ3n) is 3.08. The highest BCUT2D eigenvalue weighted by Gasteiger charge is 2.01. The van der Waals surface area contributed by atoms with Gasteiger partial charge in [0.05, 0.1) is 0 Å². The van der Waals surface area contributed by atoms with Gasteiger partial charge in [-0.25, -0.2) is 0 Å². The van der Waals surface area contributed by atoms with E-state index in [4.69, 9.17) is 5.73 Å². The average Bonchev–Trinajstić information content (AvgIpc) is 2.34. The molecule has 1 heteroatoms. The topological polar surface area (TPSA) is 26.0 Å². The average molecular weight is 255 g/mol. The molecule has 19 heavy (non-hydrogen) atoms. The lowest BCUT2D eigenvalue weighted by atomic mass is 10.0. The van der Waals surface area contributed by atoms with E-state index in [0.717, 1.165) is 23.3 Å². The van der Waals surface area contributed by atoms with Crippen molar-refractivity contribution in [3.05, 3.63) is 64.3 Å². The molecule has 0 aliphatic carbocycles. The Morgan fingerprint density at radius 1 is 1.05 bits per heavy atom. The van der Waals surface area contributed by atoms with Crippen LogP contribution in [0.2, 0.25) is 0 Å². The highest BCUT2D eigenvalue weighted by Crippen LogP contribution is 2.18. The molecule has 2 N–H and O–H groups in total. The first kappa shape index (κ1) is 15.3. The van der Waals surface area contributed by atoms with Gasteiger partial charge in [-0.2, -0.15) is 0 Å². The van der Waals surface area contributed by atoms with Crippen molar-refractivity contribution in [3.63, 3.8) is 0 Å².